The van der Waals surface area contributed by atoms with Crippen LogP contribution in [0.4, 0.5) is 10.1 Å². The van der Waals surface area contributed by atoms with Crippen LogP contribution >= 0.6 is 15.9 Å². The molecule has 86 valence electrons. The van der Waals surface area contributed by atoms with Gasteiger partial charge >= 0.3 is 0 Å². The maximum atomic E-state index is 12.9. The van der Waals surface area contributed by atoms with Crippen LogP contribution < -0.4 is 5.43 Å². The predicted molar refractivity (Wildman–Crippen MR) is 71.8 cm³/mol. The number of halogens is 2. The fourth-order valence-electron chi connectivity index (χ4n) is 1.29. The van der Waals surface area contributed by atoms with Crippen molar-refractivity contribution in [1.82, 2.24) is 0 Å². The minimum atomic E-state index is -0.266. The molecular weight excluding hydrogens is 283 g/mol. The molecule has 2 aromatic carbocycles. The fraction of sp³-hybridized carbons (Fsp3) is 0. The van der Waals surface area contributed by atoms with Crippen molar-refractivity contribution >= 4 is 27.8 Å². The standard InChI is InChI=1S/C13H10BrFN2/c14-11-4-6-13(7-5-11)17-16-9-10-2-1-3-12(15)8-10/h1-9,17H. The molecule has 0 heterocycles. The van der Waals surface area contributed by atoms with Crippen LogP contribution in [0.2, 0.25) is 0 Å². The van der Waals surface area contributed by atoms with E-state index < -0.39 is 0 Å². The van der Waals surface area contributed by atoms with Gasteiger partial charge in [-0.3, -0.25) is 5.43 Å². The molecule has 0 fully saturated rings. The summed E-state index contributed by atoms with van der Waals surface area (Å²) < 4.78 is 13.9. The van der Waals surface area contributed by atoms with E-state index in [1.54, 1.807) is 18.3 Å². The van der Waals surface area contributed by atoms with E-state index in [-0.39, 0.29) is 5.82 Å². The molecule has 0 amide bonds. The molecule has 0 unspecified atom stereocenters. The molecule has 0 aliphatic heterocycles. The number of anilines is 1. The van der Waals surface area contributed by atoms with E-state index in [2.05, 4.69) is 26.5 Å². The van der Waals surface area contributed by atoms with Gasteiger partial charge in [-0.05, 0) is 42.0 Å². The maximum Gasteiger partial charge on any atom is 0.123 e. The van der Waals surface area contributed by atoms with Gasteiger partial charge in [0.2, 0.25) is 0 Å². The van der Waals surface area contributed by atoms with E-state index in [9.17, 15) is 4.39 Å². The van der Waals surface area contributed by atoms with Crippen molar-refractivity contribution in [2.75, 3.05) is 5.43 Å². The van der Waals surface area contributed by atoms with Crippen molar-refractivity contribution in [3.63, 3.8) is 0 Å². The van der Waals surface area contributed by atoms with Crippen molar-refractivity contribution in [3.05, 3.63) is 64.4 Å². The van der Waals surface area contributed by atoms with Gasteiger partial charge in [-0.15, -0.1) is 0 Å². The van der Waals surface area contributed by atoms with E-state index in [0.29, 0.717) is 0 Å². The Bertz CT molecular complexity index is 523. The van der Waals surface area contributed by atoms with Crippen LogP contribution in [0.15, 0.2) is 58.1 Å². The Morgan fingerprint density at radius 3 is 2.59 bits per heavy atom. The molecule has 0 saturated heterocycles. The zero-order valence-electron chi connectivity index (χ0n) is 8.90. The lowest BCUT2D eigenvalue weighted by Gasteiger charge is -1.99. The first-order valence-electron chi connectivity index (χ1n) is 5.04. The second kappa shape index (κ2) is 5.59. The number of nitrogens with zero attached hydrogens (tertiary/aromatic N) is 1. The van der Waals surface area contributed by atoms with Crippen LogP contribution in [0.1, 0.15) is 5.56 Å². The van der Waals surface area contributed by atoms with Gasteiger partial charge in [0.25, 0.3) is 0 Å². The van der Waals surface area contributed by atoms with E-state index in [1.807, 2.05) is 24.3 Å². The second-order valence-corrected chi connectivity index (χ2v) is 4.35. The van der Waals surface area contributed by atoms with Gasteiger partial charge in [0.15, 0.2) is 0 Å². The van der Waals surface area contributed by atoms with E-state index in [0.717, 1.165) is 15.7 Å². The molecule has 2 nitrogen and oxygen atoms in total. The lowest BCUT2D eigenvalue weighted by molar-refractivity contribution is 0.627. The molecule has 0 aliphatic carbocycles. The molecule has 2 aromatic rings. The van der Waals surface area contributed by atoms with Crippen molar-refractivity contribution < 1.29 is 4.39 Å². The largest absolute Gasteiger partial charge is 0.279 e. The van der Waals surface area contributed by atoms with E-state index >= 15 is 0 Å². The number of rotatable bonds is 3. The summed E-state index contributed by atoms with van der Waals surface area (Å²) in [5.41, 5.74) is 4.46. The Labute approximate surface area is 107 Å². The highest BCUT2D eigenvalue weighted by atomic mass is 79.9. The van der Waals surface area contributed by atoms with Gasteiger partial charge in [0, 0.05) is 4.47 Å². The van der Waals surface area contributed by atoms with Gasteiger partial charge in [-0.2, -0.15) is 5.10 Å². The Balaban J connectivity index is 2.00. The second-order valence-electron chi connectivity index (χ2n) is 3.43. The summed E-state index contributed by atoms with van der Waals surface area (Å²) in [6, 6.07) is 13.9. The number of benzene rings is 2. The number of hydrazone groups is 1. The highest BCUT2D eigenvalue weighted by Gasteiger charge is 1.91. The van der Waals surface area contributed by atoms with Crippen molar-refractivity contribution in [2.45, 2.75) is 0 Å². The first kappa shape index (κ1) is 11.8. The molecule has 4 heteroatoms. The molecule has 0 spiro atoms. The molecule has 0 atom stereocenters. The average molecular weight is 293 g/mol. The van der Waals surface area contributed by atoms with E-state index in [1.165, 1.54) is 12.1 Å². The number of nitrogens with one attached hydrogen (secondary N) is 1. The first-order chi connectivity index (χ1) is 8.24. The van der Waals surface area contributed by atoms with Gasteiger partial charge in [-0.25, -0.2) is 4.39 Å². The number of hydrogen-bond donors (Lipinski definition) is 1. The van der Waals surface area contributed by atoms with Crippen LogP contribution in [0, 0.1) is 5.82 Å². The minimum absolute atomic E-state index is 0.266. The summed E-state index contributed by atoms with van der Waals surface area (Å²) in [4.78, 5) is 0. The third kappa shape index (κ3) is 3.67. The van der Waals surface area contributed by atoms with Gasteiger partial charge in [0.05, 0.1) is 11.9 Å². The zero-order valence-corrected chi connectivity index (χ0v) is 10.5. The summed E-state index contributed by atoms with van der Waals surface area (Å²) in [7, 11) is 0. The summed E-state index contributed by atoms with van der Waals surface area (Å²) >= 11 is 3.35. The predicted octanol–water partition coefficient (Wildman–Crippen LogP) is 4.03. The van der Waals surface area contributed by atoms with Gasteiger partial charge in [0.1, 0.15) is 5.82 Å². The van der Waals surface area contributed by atoms with Gasteiger partial charge in [-0.1, -0.05) is 28.1 Å². The maximum absolute atomic E-state index is 12.9. The quantitative estimate of drug-likeness (QED) is 0.670. The summed E-state index contributed by atoms with van der Waals surface area (Å²) in [6.07, 6.45) is 1.57. The van der Waals surface area contributed by atoms with Crippen LogP contribution in [-0.2, 0) is 0 Å². The molecule has 0 aromatic heterocycles. The SMILES string of the molecule is Fc1cccc(C=NNc2ccc(Br)cc2)c1. The summed E-state index contributed by atoms with van der Waals surface area (Å²) in [5.74, 6) is -0.266. The lowest BCUT2D eigenvalue weighted by atomic mass is 10.2. The van der Waals surface area contributed by atoms with Crippen molar-refractivity contribution in [3.8, 4) is 0 Å². The monoisotopic (exact) mass is 292 g/mol. The molecule has 0 bridgehead atoms. The lowest BCUT2D eigenvalue weighted by Crippen LogP contribution is -1.90. The van der Waals surface area contributed by atoms with Gasteiger partial charge < -0.3 is 0 Å². The van der Waals surface area contributed by atoms with E-state index in [4.69, 9.17) is 0 Å². The smallest absolute Gasteiger partial charge is 0.123 e. The zero-order chi connectivity index (χ0) is 12.1. The minimum Gasteiger partial charge on any atom is -0.279 e. The number of hydrogen-bond acceptors (Lipinski definition) is 2. The molecular formula is C13H10BrFN2. The highest BCUT2D eigenvalue weighted by Crippen LogP contribution is 2.13. The van der Waals surface area contributed by atoms with Crippen LogP contribution in [0.25, 0.3) is 0 Å². The molecule has 17 heavy (non-hydrogen) atoms. The normalized spacial score (nSPS) is 10.7. The summed E-state index contributed by atoms with van der Waals surface area (Å²) in [6.45, 7) is 0. The Morgan fingerprint density at radius 2 is 1.88 bits per heavy atom. The summed E-state index contributed by atoms with van der Waals surface area (Å²) in [5, 5.41) is 4.03. The Kier molecular flexibility index (Phi) is 3.88. The molecule has 0 saturated carbocycles. The molecule has 1 N–H and O–H groups in total. The Morgan fingerprint density at radius 1 is 1.12 bits per heavy atom. The van der Waals surface area contributed by atoms with Crippen molar-refractivity contribution in [1.29, 1.82) is 0 Å². The molecule has 2 rings (SSSR count). The molecule has 0 radical (unpaired) electrons. The third-order valence-electron chi connectivity index (χ3n) is 2.10. The molecule has 0 aliphatic rings. The highest BCUT2D eigenvalue weighted by molar-refractivity contribution is 9.10. The third-order valence-corrected chi connectivity index (χ3v) is 2.63. The Hall–Kier alpha value is -1.68. The van der Waals surface area contributed by atoms with Crippen LogP contribution in [0.5, 0.6) is 0 Å². The van der Waals surface area contributed by atoms with Crippen molar-refractivity contribution in [2.24, 2.45) is 5.10 Å². The van der Waals surface area contributed by atoms with Crippen LogP contribution in [-0.4, -0.2) is 6.21 Å². The topological polar surface area (TPSA) is 24.4 Å². The van der Waals surface area contributed by atoms with Crippen LogP contribution in [0.3, 0.4) is 0 Å². The first-order valence-corrected chi connectivity index (χ1v) is 5.83. The fourth-order valence-corrected chi connectivity index (χ4v) is 1.56. The average Bonchev–Trinajstić information content (AvgIpc) is 2.32.